The Balaban J connectivity index is 1.64. The van der Waals surface area contributed by atoms with Gasteiger partial charge in [0.15, 0.2) is 5.78 Å². The van der Waals surface area contributed by atoms with E-state index in [0.717, 1.165) is 0 Å². The molecule has 0 bridgehead atoms. The summed E-state index contributed by atoms with van der Waals surface area (Å²) in [6.07, 6.45) is 0. The summed E-state index contributed by atoms with van der Waals surface area (Å²) in [5, 5.41) is 2.81. The molecule has 3 rings (SSSR count). The molecular weight excluding hydrogens is 328 g/mol. The molecule has 0 fully saturated rings. The average Bonchev–Trinajstić information content (AvgIpc) is 2.65. The van der Waals surface area contributed by atoms with Gasteiger partial charge in [-0.25, -0.2) is 0 Å². The predicted octanol–water partition coefficient (Wildman–Crippen LogP) is 4.52. The van der Waals surface area contributed by atoms with Crippen molar-refractivity contribution in [1.29, 1.82) is 0 Å². The number of anilines is 2. The van der Waals surface area contributed by atoms with Crippen LogP contribution in [-0.2, 0) is 0 Å². The molecule has 26 heavy (non-hydrogen) atoms. The molecule has 0 unspecified atom stereocenters. The molecule has 0 aliphatic rings. The van der Waals surface area contributed by atoms with Gasteiger partial charge >= 0.3 is 0 Å². The van der Waals surface area contributed by atoms with Crippen molar-refractivity contribution in [3.8, 4) is 11.5 Å². The molecule has 5 heteroatoms. The number of amides is 1. The maximum Gasteiger partial charge on any atom is 0.255 e. The van der Waals surface area contributed by atoms with Gasteiger partial charge in [0.25, 0.3) is 5.91 Å². The minimum Gasteiger partial charge on any atom is -0.457 e. The van der Waals surface area contributed by atoms with Gasteiger partial charge in [-0.1, -0.05) is 12.1 Å². The SMILES string of the molecule is CC(=O)c1ccc(C(=O)Nc2ccc(Oc3ccc(N)cc3)cc2)cc1. The van der Waals surface area contributed by atoms with Crippen LogP contribution in [0.2, 0.25) is 0 Å². The second-order valence-corrected chi connectivity index (χ2v) is 5.78. The molecule has 3 aromatic carbocycles. The molecule has 0 radical (unpaired) electrons. The molecule has 130 valence electrons. The summed E-state index contributed by atoms with van der Waals surface area (Å²) in [7, 11) is 0. The van der Waals surface area contributed by atoms with Crippen molar-refractivity contribution in [2.45, 2.75) is 6.92 Å². The monoisotopic (exact) mass is 346 g/mol. The number of ketones is 1. The van der Waals surface area contributed by atoms with Crippen LogP contribution < -0.4 is 15.8 Å². The van der Waals surface area contributed by atoms with Crippen molar-refractivity contribution in [2.75, 3.05) is 11.1 Å². The Bertz CT molecular complexity index is 915. The highest BCUT2D eigenvalue weighted by Crippen LogP contribution is 2.24. The first-order valence-electron chi connectivity index (χ1n) is 8.07. The van der Waals surface area contributed by atoms with Crippen LogP contribution in [0.1, 0.15) is 27.6 Å². The number of hydrogen-bond donors (Lipinski definition) is 2. The lowest BCUT2D eigenvalue weighted by Gasteiger charge is -2.08. The van der Waals surface area contributed by atoms with Crippen molar-refractivity contribution < 1.29 is 14.3 Å². The average molecular weight is 346 g/mol. The summed E-state index contributed by atoms with van der Waals surface area (Å²) >= 11 is 0. The summed E-state index contributed by atoms with van der Waals surface area (Å²) in [6, 6.07) is 20.7. The van der Waals surface area contributed by atoms with E-state index in [9.17, 15) is 9.59 Å². The molecule has 0 saturated heterocycles. The van der Waals surface area contributed by atoms with E-state index in [4.69, 9.17) is 10.5 Å². The molecule has 0 atom stereocenters. The fraction of sp³-hybridized carbons (Fsp3) is 0.0476. The fourth-order valence-electron chi connectivity index (χ4n) is 2.34. The molecule has 1 amide bonds. The summed E-state index contributed by atoms with van der Waals surface area (Å²) in [6.45, 7) is 1.49. The Hall–Kier alpha value is -3.60. The minimum absolute atomic E-state index is 0.0337. The Morgan fingerprint density at radius 3 is 1.81 bits per heavy atom. The number of hydrogen-bond acceptors (Lipinski definition) is 4. The van der Waals surface area contributed by atoms with Gasteiger partial charge in [0.1, 0.15) is 11.5 Å². The molecule has 0 aromatic heterocycles. The fourth-order valence-corrected chi connectivity index (χ4v) is 2.34. The zero-order valence-electron chi connectivity index (χ0n) is 14.2. The van der Waals surface area contributed by atoms with Crippen LogP contribution >= 0.6 is 0 Å². The Kier molecular flexibility index (Phi) is 4.99. The van der Waals surface area contributed by atoms with Crippen molar-refractivity contribution in [3.05, 3.63) is 83.9 Å². The maximum absolute atomic E-state index is 12.3. The van der Waals surface area contributed by atoms with Crippen LogP contribution in [0.25, 0.3) is 0 Å². The van der Waals surface area contributed by atoms with Crippen LogP contribution in [0.15, 0.2) is 72.8 Å². The van der Waals surface area contributed by atoms with E-state index in [2.05, 4.69) is 5.32 Å². The number of ether oxygens (including phenoxy) is 1. The van der Waals surface area contributed by atoms with Crippen molar-refractivity contribution in [2.24, 2.45) is 0 Å². The Morgan fingerprint density at radius 2 is 1.27 bits per heavy atom. The second kappa shape index (κ2) is 7.53. The number of Topliss-reactive ketones (excluding diaryl/α,β-unsaturated/α-hetero) is 1. The second-order valence-electron chi connectivity index (χ2n) is 5.78. The smallest absolute Gasteiger partial charge is 0.255 e. The van der Waals surface area contributed by atoms with Gasteiger partial charge in [-0.3, -0.25) is 9.59 Å². The molecule has 3 N–H and O–H groups in total. The zero-order valence-corrected chi connectivity index (χ0v) is 14.2. The van der Waals surface area contributed by atoms with E-state index >= 15 is 0 Å². The van der Waals surface area contributed by atoms with Gasteiger partial charge < -0.3 is 15.8 Å². The van der Waals surface area contributed by atoms with Crippen LogP contribution in [0.5, 0.6) is 11.5 Å². The van der Waals surface area contributed by atoms with E-state index in [-0.39, 0.29) is 11.7 Å². The van der Waals surface area contributed by atoms with Crippen LogP contribution in [0.4, 0.5) is 11.4 Å². The Morgan fingerprint density at radius 1 is 0.769 bits per heavy atom. The molecule has 0 heterocycles. The van der Waals surface area contributed by atoms with Gasteiger partial charge in [0.05, 0.1) is 0 Å². The third-order valence-corrected chi connectivity index (χ3v) is 3.78. The van der Waals surface area contributed by atoms with E-state index in [0.29, 0.717) is 34.0 Å². The standard InChI is InChI=1S/C21H18N2O3/c1-14(24)15-2-4-16(5-3-15)21(25)23-18-8-12-20(13-9-18)26-19-10-6-17(22)7-11-19/h2-13H,22H2,1H3,(H,23,25). The first-order chi connectivity index (χ1) is 12.5. The van der Waals surface area contributed by atoms with Gasteiger partial charge in [0, 0.05) is 22.5 Å². The highest BCUT2D eigenvalue weighted by molar-refractivity contribution is 6.05. The summed E-state index contributed by atoms with van der Waals surface area (Å²) in [5.41, 5.74) is 8.02. The van der Waals surface area contributed by atoms with Crippen molar-refractivity contribution >= 4 is 23.1 Å². The molecule has 0 saturated carbocycles. The molecular formula is C21H18N2O3. The van der Waals surface area contributed by atoms with E-state index < -0.39 is 0 Å². The number of carbonyl (C=O) groups is 2. The molecule has 3 aromatic rings. The highest BCUT2D eigenvalue weighted by atomic mass is 16.5. The largest absolute Gasteiger partial charge is 0.457 e. The highest BCUT2D eigenvalue weighted by Gasteiger charge is 2.07. The van der Waals surface area contributed by atoms with Gasteiger partial charge in [-0.15, -0.1) is 0 Å². The third-order valence-electron chi connectivity index (χ3n) is 3.78. The summed E-state index contributed by atoms with van der Waals surface area (Å²) < 4.78 is 5.71. The van der Waals surface area contributed by atoms with E-state index in [1.807, 2.05) is 0 Å². The zero-order chi connectivity index (χ0) is 18.5. The van der Waals surface area contributed by atoms with Crippen LogP contribution in [0.3, 0.4) is 0 Å². The third kappa shape index (κ3) is 4.27. The van der Waals surface area contributed by atoms with Gasteiger partial charge in [-0.2, -0.15) is 0 Å². The lowest BCUT2D eigenvalue weighted by Crippen LogP contribution is -2.11. The number of benzene rings is 3. The predicted molar refractivity (Wildman–Crippen MR) is 102 cm³/mol. The minimum atomic E-state index is -0.243. The van der Waals surface area contributed by atoms with Gasteiger partial charge in [0.2, 0.25) is 0 Å². The van der Waals surface area contributed by atoms with E-state index in [1.165, 1.54) is 6.92 Å². The van der Waals surface area contributed by atoms with Crippen molar-refractivity contribution in [1.82, 2.24) is 0 Å². The molecule has 0 aliphatic carbocycles. The van der Waals surface area contributed by atoms with Gasteiger partial charge in [-0.05, 0) is 67.6 Å². The number of nitrogens with one attached hydrogen (secondary N) is 1. The number of carbonyl (C=O) groups excluding carboxylic acids is 2. The molecule has 0 aliphatic heterocycles. The normalized spacial score (nSPS) is 10.2. The number of nitrogens with two attached hydrogens (primary N) is 1. The number of rotatable bonds is 5. The summed E-state index contributed by atoms with van der Waals surface area (Å²) in [4.78, 5) is 23.5. The first kappa shape index (κ1) is 17.2. The quantitative estimate of drug-likeness (QED) is 0.526. The first-order valence-corrected chi connectivity index (χ1v) is 8.07. The van der Waals surface area contributed by atoms with Crippen LogP contribution in [-0.4, -0.2) is 11.7 Å². The molecule has 5 nitrogen and oxygen atoms in total. The molecule has 0 spiro atoms. The topological polar surface area (TPSA) is 81.4 Å². The lowest BCUT2D eigenvalue weighted by molar-refractivity contribution is 0.101. The summed E-state index contributed by atoms with van der Waals surface area (Å²) in [5.74, 6) is 1.06. The maximum atomic E-state index is 12.3. The Labute approximate surface area is 151 Å². The van der Waals surface area contributed by atoms with Crippen molar-refractivity contribution in [3.63, 3.8) is 0 Å². The van der Waals surface area contributed by atoms with Crippen LogP contribution in [0, 0.1) is 0 Å². The lowest BCUT2D eigenvalue weighted by atomic mass is 10.1. The number of nitrogen functional groups attached to an aromatic ring is 1. The van der Waals surface area contributed by atoms with E-state index in [1.54, 1.807) is 72.8 Å².